The van der Waals surface area contributed by atoms with Gasteiger partial charge in [0.05, 0.1) is 11.4 Å². The van der Waals surface area contributed by atoms with Gasteiger partial charge >= 0.3 is 0 Å². The fourth-order valence-corrected chi connectivity index (χ4v) is 3.70. The SMILES string of the molecule is CNc1cc(Sc2cc(C(C)(C)C)c(O)c(C(C)(C)C)c2)ccc1N. The maximum absolute atomic E-state index is 10.8. The third-order valence-corrected chi connectivity index (χ3v) is 5.19. The van der Waals surface area contributed by atoms with Crippen LogP contribution in [0.25, 0.3) is 0 Å². The number of phenolic OH excluding ortho intramolecular Hbond substituents is 1. The van der Waals surface area contributed by atoms with Gasteiger partial charge in [0.2, 0.25) is 0 Å². The summed E-state index contributed by atoms with van der Waals surface area (Å²) >= 11 is 1.69. The fourth-order valence-electron chi connectivity index (χ4n) is 2.76. The topological polar surface area (TPSA) is 58.3 Å². The van der Waals surface area contributed by atoms with Crippen LogP contribution < -0.4 is 11.1 Å². The highest BCUT2D eigenvalue weighted by Crippen LogP contribution is 2.43. The van der Waals surface area contributed by atoms with E-state index in [1.165, 1.54) is 0 Å². The molecule has 0 saturated carbocycles. The predicted molar refractivity (Wildman–Crippen MR) is 110 cm³/mol. The van der Waals surface area contributed by atoms with Crippen molar-refractivity contribution in [2.75, 3.05) is 18.1 Å². The maximum Gasteiger partial charge on any atom is 0.123 e. The van der Waals surface area contributed by atoms with Crippen molar-refractivity contribution < 1.29 is 5.11 Å². The Morgan fingerprint density at radius 2 is 1.40 bits per heavy atom. The molecule has 0 radical (unpaired) electrons. The highest BCUT2D eigenvalue weighted by molar-refractivity contribution is 7.99. The number of nitrogens with one attached hydrogen (secondary N) is 1. The monoisotopic (exact) mass is 358 g/mol. The molecule has 0 heterocycles. The molecule has 0 saturated heterocycles. The van der Waals surface area contributed by atoms with Gasteiger partial charge in [-0.3, -0.25) is 0 Å². The van der Waals surface area contributed by atoms with Gasteiger partial charge in [-0.2, -0.15) is 0 Å². The van der Waals surface area contributed by atoms with Crippen molar-refractivity contribution in [2.24, 2.45) is 0 Å². The average molecular weight is 359 g/mol. The Kier molecular flexibility index (Phi) is 5.33. The first-order valence-electron chi connectivity index (χ1n) is 8.56. The van der Waals surface area contributed by atoms with Gasteiger partial charge in [-0.15, -0.1) is 0 Å². The summed E-state index contributed by atoms with van der Waals surface area (Å²) in [4.78, 5) is 2.24. The Bertz CT molecular complexity index is 735. The van der Waals surface area contributed by atoms with Crippen LogP contribution in [0.3, 0.4) is 0 Å². The molecule has 2 rings (SSSR count). The van der Waals surface area contributed by atoms with Crippen molar-refractivity contribution in [1.82, 2.24) is 0 Å². The minimum absolute atomic E-state index is 0.127. The lowest BCUT2D eigenvalue weighted by Crippen LogP contribution is -2.17. The molecule has 0 amide bonds. The van der Waals surface area contributed by atoms with E-state index in [0.29, 0.717) is 5.75 Å². The third-order valence-electron chi connectivity index (χ3n) is 4.23. The number of aromatic hydroxyl groups is 1. The lowest BCUT2D eigenvalue weighted by Gasteiger charge is -2.28. The second kappa shape index (κ2) is 6.83. The number of nitrogens with two attached hydrogens (primary N) is 1. The second-order valence-electron chi connectivity index (χ2n) is 8.47. The minimum atomic E-state index is -0.127. The summed E-state index contributed by atoms with van der Waals surface area (Å²) in [5, 5.41) is 14.0. The van der Waals surface area contributed by atoms with E-state index in [1.807, 2.05) is 19.2 Å². The van der Waals surface area contributed by atoms with Gasteiger partial charge in [-0.05, 0) is 41.2 Å². The molecule has 0 spiro atoms. The third kappa shape index (κ3) is 4.43. The average Bonchev–Trinajstić information content (AvgIpc) is 2.48. The van der Waals surface area contributed by atoms with Crippen molar-refractivity contribution in [3.8, 4) is 5.75 Å². The molecule has 0 atom stereocenters. The molecule has 25 heavy (non-hydrogen) atoms. The highest BCUT2D eigenvalue weighted by atomic mass is 32.2. The largest absolute Gasteiger partial charge is 0.507 e. The van der Waals surface area contributed by atoms with E-state index in [2.05, 4.69) is 65.1 Å². The molecule has 4 N–H and O–H groups in total. The normalized spacial score (nSPS) is 12.3. The Morgan fingerprint density at radius 3 is 1.84 bits per heavy atom. The molecule has 0 aliphatic carbocycles. The standard InChI is InChI=1S/C21H30N2OS/c1-20(2,3)15-10-14(11-16(19(15)24)21(4,5)6)25-13-8-9-17(22)18(12-13)23-7/h8-12,23-24H,22H2,1-7H3. The predicted octanol–water partition coefficient (Wildman–Crippen LogP) is 5.76. The zero-order valence-electron chi connectivity index (χ0n) is 16.3. The first kappa shape index (κ1) is 19.5. The molecule has 0 fully saturated rings. The first-order valence-corrected chi connectivity index (χ1v) is 9.38. The molecular weight excluding hydrogens is 328 g/mol. The molecule has 136 valence electrons. The molecule has 0 aromatic heterocycles. The van der Waals surface area contributed by atoms with Crippen LogP contribution in [0.15, 0.2) is 40.1 Å². The fraction of sp³-hybridized carbons (Fsp3) is 0.429. The van der Waals surface area contributed by atoms with Gasteiger partial charge < -0.3 is 16.2 Å². The lowest BCUT2D eigenvalue weighted by atomic mass is 9.79. The summed E-state index contributed by atoms with van der Waals surface area (Å²) < 4.78 is 0. The van der Waals surface area contributed by atoms with E-state index in [9.17, 15) is 5.11 Å². The summed E-state index contributed by atoms with van der Waals surface area (Å²) in [6.07, 6.45) is 0. The molecule has 2 aromatic rings. The smallest absolute Gasteiger partial charge is 0.123 e. The van der Waals surface area contributed by atoms with Gasteiger partial charge in [0.25, 0.3) is 0 Å². The number of benzene rings is 2. The molecule has 0 unspecified atom stereocenters. The lowest BCUT2D eigenvalue weighted by molar-refractivity contribution is 0.422. The zero-order valence-corrected chi connectivity index (χ0v) is 17.1. The second-order valence-corrected chi connectivity index (χ2v) is 9.62. The highest BCUT2D eigenvalue weighted by Gasteiger charge is 2.26. The number of rotatable bonds is 3. The van der Waals surface area contributed by atoms with Crippen molar-refractivity contribution in [3.63, 3.8) is 0 Å². The van der Waals surface area contributed by atoms with Crippen LogP contribution in [0.2, 0.25) is 0 Å². The van der Waals surface area contributed by atoms with Crippen molar-refractivity contribution in [3.05, 3.63) is 41.5 Å². The van der Waals surface area contributed by atoms with Crippen molar-refractivity contribution in [2.45, 2.75) is 62.2 Å². The minimum Gasteiger partial charge on any atom is -0.507 e. The molecule has 0 bridgehead atoms. The summed E-state index contributed by atoms with van der Waals surface area (Å²) in [6, 6.07) is 10.2. The van der Waals surface area contributed by atoms with Crippen LogP contribution in [0.5, 0.6) is 5.75 Å². The van der Waals surface area contributed by atoms with Crippen LogP contribution in [0.1, 0.15) is 52.7 Å². The number of anilines is 2. The summed E-state index contributed by atoms with van der Waals surface area (Å²) in [6.45, 7) is 12.8. The van der Waals surface area contributed by atoms with E-state index in [1.54, 1.807) is 11.8 Å². The van der Waals surface area contributed by atoms with Crippen LogP contribution in [0.4, 0.5) is 11.4 Å². The summed E-state index contributed by atoms with van der Waals surface area (Å²) in [7, 11) is 1.87. The maximum atomic E-state index is 10.8. The number of hydrogen-bond acceptors (Lipinski definition) is 4. The molecular formula is C21H30N2OS. The first-order chi connectivity index (χ1) is 11.4. The van der Waals surface area contributed by atoms with Crippen LogP contribution in [-0.4, -0.2) is 12.2 Å². The van der Waals surface area contributed by atoms with Gasteiger partial charge in [0.15, 0.2) is 0 Å². The van der Waals surface area contributed by atoms with Crippen LogP contribution in [0, 0.1) is 0 Å². The summed E-state index contributed by atoms with van der Waals surface area (Å²) in [5.41, 5.74) is 9.34. The Balaban J connectivity index is 2.54. The van der Waals surface area contributed by atoms with Gasteiger partial charge in [-0.1, -0.05) is 53.3 Å². The molecule has 0 aliphatic heterocycles. The molecule has 0 aliphatic rings. The Hall–Kier alpha value is -1.81. The van der Waals surface area contributed by atoms with E-state index >= 15 is 0 Å². The zero-order chi connectivity index (χ0) is 19.0. The van der Waals surface area contributed by atoms with Crippen LogP contribution >= 0.6 is 11.8 Å². The Morgan fingerprint density at radius 1 is 0.880 bits per heavy atom. The van der Waals surface area contributed by atoms with E-state index in [-0.39, 0.29) is 10.8 Å². The molecule has 3 nitrogen and oxygen atoms in total. The van der Waals surface area contributed by atoms with Crippen molar-refractivity contribution in [1.29, 1.82) is 0 Å². The Labute approximate surface area is 156 Å². The van der Waals surface area contributed by atoms with Gasteiger partial charge in [0, 0.05) is 28.0 Å². The number of phenols is 1. The number of nitrogen functional groups attached to an aromatic ring is 1. The summed E-state index contributed by atoms with van der Waals surface area (Å²) in [5.74, 6) is 0.414. The van der Waals surface area contributed by atoms with E-state index < -0.39 is 0 Å². The van der Waals surface area contributed by atoms with Crippen molar-refractivity contribution >= 4 is 23.1 Å². The van der Waals surface area contributed by atoms with E-state index in [0.717, 1.165) is 32.3 Å². The molecule has 2 aromatic carbocycles. The quantitative estimate of drug-likeness (QED) is 0.610. The van der Waals surface area contributed by atoms with Gasteiger partial charge in [0.1, 0.15) is 5.75 Å². The molecule has 4 heteroatoms. The number of hydrogen-bond donors (Lipinski definition) is 3. The van der Waals surface area contributed by atoms with E-state index in [4.69, 9.17) is 5.73 Å². The van der Waals surface area contributed by atoms with Crippen LogP contribution in [-0.2, 0) is 10.8 Å². The van der Waals surface area contributed by atoms with Gasteiger partial charge in [-0.25, -0.2) is 0 Å².